The number of nitrogens with zero attached hydrogens (tertiary/aromatic N) is 2. The van der Waals surface area contributed by atoms with Crippen LogP contribution in [0.4, 0.5) is 4.79 Å². The summed E-state index contributed by atoms with van der Waals surface area (Å²) in [5.74, 6) is -0.257. The molecule has 0 saturated carbocycles. The second-order valence-corrected chi connectivity index (χ2v) is 7.81. The predicted molar refractivity (Wildman–Crippen MR) is 108 cm³/mol. The van der Waals surface area contributed by atoms with E-state index in [1.165, 1.54) is 5.56 Å². The molecule has 2 rings (SSSR count). The third kappa shape index (κ3) is 7.06. The molecular formula is C21H29N3O4. The Morgan fingerprint density at radius 3 is 2.18 bits per heavy atom. The predicted octanol–water partition coefficient (Wildman–Crippen LogP) is 2.20. The third-order valence-electron chi connectivity index (χ3n) is 4.22. The van der Waals surface area contributed by atoms with E-state index in [1.807, 2.05) is 31.2 Å². The molecule has 1 saturated heterocycles. The Bertz CT molecular complexity index is 727. The molecular weight excluding hydrogens is 358 g/mol. The van der Waals surface area contributed by atoms with Crippen molar-refractivity contribution in [1.82, 2.24) is 15.1 Å². The average molecular weight is 387 g/mol. The highest BCUT2D eigenvalue weighted by Crippen LogP contribution is 2.08. The molecule has 0 aliphatic carbocycles. The maximum Gasteiger partial charge on any atom is 0.408 e. The van der Waals surface area contributed by atoms with E-state index in [1.54, 1.807) is 42.7 Å². The lowest BCUT2D eigenvalue weighted by Gasteiger charge is -2.34. The van der Waals surface area contributed by atoms with Crippen molar-refractivity contribution in [2.24, 2.45) is 0 Å². The molecule has 0 atom stereocenters. The Labute approximate surface area is 166 Å². The number of aryl methyl sites for hydroxylation is 1. The highest BCUT2D eigenvalue weighted by molar-refractivity contribution is 5.92. The van der Waals surface area contributed by atoms with Crippen LogP contribution >= 0.6 is 0 Å². The van der Waals surface area contributed by atoms with E-state index >= 15 is 0 Å². The molecule has 1 aromatic carbocycles. The summed E-state index contributed by atoms with van der Waals surface area (Å²) in [4.78, 5) is 39.5. The van der Waals surface area contributed by atoms with Crippen LogP contribution in [-0.4, -0.2) is 66.0 Å². The van der Waals surface area contributed by atoms with E-state index in [2.05, 4.69) is 5.32 Å². The Hall–Kier alpha value is -2.83. The maximum absolute atomic E-state index is 12.3. The summed E-state index contributed by atoms with van der Waals surface area (Å²) in [7, 11) is 0. The topological polar surface area (TPSA) is 79.0 Å². The van der Waals surface area contributed by atoms with E-state index in [0.717, 1.165) is 5.56 Å². The molecule has 0 radical (unpaired) electrons. The molecule has 28 heavy (non-hydrogen) atoms. The van der Waals surface area contributed by atoms with Crippen LogP contribution in [0.5, 0.6) is 0 Å². The Kier molecular flexibility index (Phi) is 7.20. The van der Waals surface area contributed by atoms with Crippen molar-refractivity contribution in [3.05, 3.63) is 41.5 Å². The minimum atomic E-state index is -0.615. The van der Waals surface area contributed by atoms with Gasteiger partial charge in [-0.2, -0.15) is 0 Å². The van der Waals surface area contributed by atoms with Crippen LogP contribution in [0.25, 0.3) is 6.08 Å². The summed E-state index contributed by atoms with van der Waals surface area (Å²) >= 11 is 0. The first-order valence-corrected chi connectivity index (χ1v) is 9.42. The maximum atomic E-state index is 12.3. The van der Waals surface area contributed by atoms with Gasteiger partial charge >= 0.3 is 6.09 Å². The number of piperazine rings is 1. The number of hydrogen-bond acceptors (Lipinski definition) is 4. The molecule has 0 spiro atoms. The molecule has 0 bridgehead atoms. The van der Waals surface area contributed by atoms with Gasteiger partial charge in [0.1, 0.15) is 12.1 Å². The number of nitrogens with one attached hydrogen (secondary N) is 1. The molecule has 1 aromatic rings. The summed E-state index contributed by atoms with van der Waals surface area (Å²) < 4.78 is 5.11. The van der Waals surface area contributed by atoms with Gasteiger partial charge in [0.2, 0.25) is 11.8 Å². The monoisotopic (exact) mass is 387 g/mol. The summed E-state index contributed by atoms with van der Waals surface area (Å²) in [5.41, 5.74) is 1.54. The van der Waals surface area contributed by atoms with Crippen LogP contribution in [0.1, 0.15) is 31.9 Å². The largest absolute Gasteiger partial charge is 0.444 e. The number of benzene rings is 1. The van der Waals surface area contributed by atoms with Crippen molar-refractivity contribution < 1.29 is 19.1 Å². The van der Waals surface area contributed by atoms with Gasteiger partial charge in [-0.25, -0.2) is 4.79 Å². The van der Waals surface area contributed by atoms with Crippen LogP contribution in [0.15, 0.2) is 30.3 Å². The lowest BCUT2D eigenvalue weighted by molar-refractivity contribution is -0.136. The first-order valence-electron chi connectivity index (χ1n) is 9.42. The summed E-state index contributed by atoms with van der Waals surface area (Å²) in [6, 6.07) is 7.93. The van der Waals surface area contributed by atoms with E-state index in [4.69, 9.17) is 4.74 Å². The first-order chi connectivity index (χ1) is 13.1. The lowest BCUT2D eigenvalue weighted by Crippen LogP contribution is -2.52. The standard InChI is InChI=1S/C21H29N3O4/c1-16-5-7-17(8-6-16)9-10-18(25)23-11-13-24(14-12-23)19(26)15-22-20(27)28-21(2,3)4/h5-10H,11-15H2,1-4H3,(H,22,27)/b10-9+. The SMILES string of the molecule is Cc1ccc(/C=C/C(=O)N2CCN(C(=O)CNC(=O)OC(C)(C)C)CC2)cc1. The summed E-state index contributed by atoms with van der Waals surface area (Å²) in [6.07, 6.45) is 2.74. The number of rotatable bonds is 4. The molecule has 3 amide bonds. The summed E-state index contributed by atoms with van der Waals surface area (Å²) in [5, 5.41) is 2.47. The number of carbonyl (C=O) groups is 3. The minimum absolute atomic E-state index is 0.0699. The number of amides is 3. The van der Waals surface area contributed by atoms with Crippen molar-refractivity contribution in [1.29, 1.82) is 0 Å². The van der Waals surface area contributed by atoms with Gasteiger partial charge in [0.05, 0.1) is 0 Å². The molecule has 152 valence electrons. The number of carbonyl (C=O) groups excluding carboxylic acids is 3. The molecule has 1 heterocycles. The smallest absolute Gasteiger partial charge is 0.408 e. The molecule has 1 aliphatic heterocycles. The highest BCUT2D eigenvalue weighted by atomic mass is 16.6. The Morgan fingerprint density at radius 1 is 1.04 bits per heavy atom. The fourth-order valence-corrected chi connectivity index (χ4v) is 2.70. The van der Waals surface area contributed by atoms with E-state index in [-0.39, 0.29) is 18.4 Å². The van der Waals surface area contributed by atoms with Crippen molar-refractivity contribution in [3.63, 3.8) is 0 Å². The average Bonchev–Trinajstić information content (AvgIpc) is 2.64. The molecule has 0 aromatic heterocycles. The molecule has 7 heteroatoms. The second kappa shape index (κ2) is 9.39. The molecule has 0 unspecified atom stereocenters. The number of alkyl carbamates (subject to hydrolysis) is 1. The number of hydrogen-bond donors (Lipinski definition) is 1. The lowest BCUT2D eigenvalue weighted by atomic mass is 10.1. The highest BCUT2D eigenvalue weighted by Gasteiger charge is 2.24. The van der Waals surface area contributed by atoms with E-state index in [9.17, 15) is 14.4 Å². The zero-order valence-electron chi connectivity index (χ0n) is 17.0. The van der Waals surface area contributed by atoms with Gasteiger partial charge in [-0.1, -0.05) is 29.8 Å². The van der Waals surface area contributed by atoms with Crippen LogP contribution in [0, 0.1) is 6.92 Å². The molecule has 1 aliphatic rings. The van der Waals surface area contributed by atoms with Gasteiger partial charge in [-0.15, -0.1) is 0 Å². The molecule has 7 nitrogen and oxygen atoms in total. The fraction of sp³-hybridized carbons (Fsp3) is 0.476. The van der Waals surface area contributed by atoms with Crippen molar-refractivity contribution >= 4 is 24.0 Å². The van der Waals surface area contributed by atoms with Gasteiger partial charge in [-0.3, -0.25) is 9.59 Å². The first kappa shape index (κ1) is 21.5. The third-order valence-corrected chi connectivity index (χ3v) is 4.22. The zero-order valence-corrected chi connectivity index (χ0v) is 17.0. The van der Waals surface area contributed by atoms with Gasteiger partial charge in [-0.05, 0) is 39.3 Å². The Balaban J connectivity index is 1.75. The van der Waals surface area contributed by atoms with Gasteiger partial charge < -0.3 is 19.9 Å². The molecule has 1 fully saturated rings. The normalized spacial score (nSPS) is 14.9. The number of ether oxygens (including phenoxy) is 1. The fourth-order valence-electron chi connectivity index (χ4n) is 2.70. The van der Waals surface area contributed by atoms with Crippen molar-refractivity contribution in [3.8, 4) is 0 Å². The molecule has 1 N–H and O–H groups in total. The quantitative estimate of drug-likeness (QED) is 0.804. The van der Waals surface area contributed by atoms with Crippen LogP contribution in [0.3, 0.4) is 0 Å². The van der Waals surface area contributed by atoms with Crippen LogP contribution in [0.2, 0.25) is 0 Å². The second-order valence-electron chi connectivity index (χ2n) is 7.81. The van der Waals surface area contributed by atoms with Gasteiger partial charge in [0, 0.05) is 32.3 Å². The van der Waals surface area contributed by atoms with Crippen molar-refractivity contribution in [2.75, 3.05) is 32.7 Å². The van der Waals surface area contributed by atoms with Crippen LogP contribution in [-0.2, 0) is 14.3 Å². The Morgan fingerprint density at radius 2 is 1.61 bits per heavy atom. The van der Waals surface area contributed by atoms with E-state index in [0.29, 0.717) is 26.2 Å². The van der Waals surface area contributed by atoms with Crippen molar-refractivity contribution in [2.45, 2.75) is 33.3 Å². The van der Waals surface area contributed by atoms with Gasteiger partial charge in [0.15, 0.2) is 0 Å². The van der Waals surface area contributed by atoms with Gasteiger partial charge in [0.25, 0.3) is 0 Å². The summed E-state index contributed by atoms with van der Waals surface area (Å²) in [6.45, 7) is 9.01. The van der Waals surface area contributed by atoms with E-state index < -0.39 is 11.7 Å². The van der Waals surface area contributed by atoms with Crippen LogP contribution < -0.4 is 5.32 Å². The minimum Gasteiger partial charge on any atom is -0.444 e. The zero-order chi connectivity index (χ0) is 20.7.